The van der Waals surface area contributed by atoms with E-state index >= 15 is 9.59 Å². The maximum Gasteiger partial charge on any atom is 0.238 e. The molecule has 5 aliphatic rings. The number of phenols is 1. The highest BCUT2D eigenvalue weighted by atomic mass is 35.5. The summed E-state index contributed by atoms with van der Waals surface area (Å²) >= 11 is 6.48. The van der Waals surface area contributed by atoms with Gasteiger partial charge < -0.3 is 9.84 Å². The van der Waals surface area contributed by atoms with Crippen molar-refractivity contribution < 1.29 is 29.0 Å². The second-order valence-corrected chi connectivity index (χ2v) is 14.9. The molecule has 258 valence electrons. The molecule has 2 amide bonds. The minimum atomic E-state index is -1.36. The molecule has 9 rings (SSSR count). The average molecular weight is 708 g/mol. The number of carbonyl (C=O) groups excluding carboxylic acids is 4. The summed E-state index contributed by atoms with van der Waals surface area (Å²) in [5.74, 6) is -3.70. The number of anilines is 1. The Morgan fingerprint density at radius 1 is 0.865 bits per heavy atom. The molecule has 7 nitrogen and oxygen atoms in total. The fourth-order valence-electron chi connectivity index (χ4n) is 9.67. The second kappa shape index (κ2) is 12.0. The molecule has 1 saturated carbocycles. The normalized spacial score (nSPS) is 27.8. The van der Waals surface area contributed by atoms with Crippen molar-refractivity contribution in [2.24, 2.45) is 29.6 Å². The molecule has 4 aromatic rings. The topological polar surface area (TPSA) is 101 Å². The number of amides is 2. The first-order valence-electron chi connectivity index (χ1n) is 17.6. The molecule has 8 heteroatoms. The van der Waals surface area contributed by atoms with Crippen LogP contribution in [0.2, 0.25) is 5.02 Å². The number of fused-ring (bicyclic) bond motifs is 5. The molecule has 52 heavy (non-hydrogen) atoms. The zero-order valence-electron chi connectivity index (χ0n) is 28.3. The number of ether oxygens (including phenoxy) is 1. The van der Waals surface area contributed by atoms with E-state index in [0.29, 0.717) is 46.0 Å². The first-order chi connectivity index (χ1) is 25.2. The van der Waals surface area contributed by atoms with E-state index in [2.05, 4.69) is 0 Å². The highest BCUT2D eigenvalue weighted by Gasteiger charge is 2.66. The number of halogens is 1. The number of benzene rings is 4. The van der Waals surface area contributed by atoms with Gasteiger partial charge in [-0.3, -0.25) is 19.2 Å². The molecule has 1 saturated heterocycles. The molecule has 6 unspecified atom stereocenters. The first-order valence-corrected chi connectivity index (χ1v) is 18.0. The van der Waals surface area contributed by atoms with Gasteiger partial charge in [0.15, 0.2) is 11.6 Å². The zero-order chi connectivity index (χ0) is 35.9. The van der Waals surface area contributed by atoms with Crippen LogP contribution >= 0.6 is 11.6 Å². The minimum absolute atomic E-state index is 0.0891. The molecule has 4 aromatic carbocycles. The smallest absolute Gasteiger partial charge is 0.238 e. The number of phenolic OH excluding ortho intramolecular Hbond substituents is 1. The number of aryl methyl sites for hydroxylation is 1. The van der Waals surface area contributed by atoms with Gasteiger partial charge in [-0.1, -0.05) is 90.0 Å². The Bertz CT molecular complexity index is 2310. The third kappa shape index (κ3) is 4.65. The number of ketones is 2. The largest absolute Gasteiger partial charge is 0.508 e. The summed E-state index contributed by atoms with van der Waals surface area (Å²) < 4.78 is 6.20. The highest BCUT2D eigenvalue weighted by molar-refractivity contribution is 6.33. The Kier molecular flexibility index (Phi) is 7.49. The van der Waals surface area contributed by atoms with Crippen LogP contribution in [0.15, 0.2) is 127 Å². The Morgan fingerprint density at radius 2 is 1.62 bits per heavy atom. The van der Waals surface area contributed by atoms with E-state index < -0.39 is 35.0 Å². The molecule has 0 bridgehead atoms. The number of Topliss-reactive ketones (excluding diaryl/α,β-unsaturated/α-hetero) is 1. The number of imide groups is 1. The lowest BCUT2D eigenvalue weighted by atomic mass is 9.44. The SMILES string of the molecule is Cc1ccc(N2C(=O)C3CC=C4C(CC5C(=O)C(c6ccccc6)=CC(=O)C5(c5ccccc5)C4C4=COc5ccc(O)cc5C4)C3C2=O)cc1Cl. The zero-order valence-corrected chi connectivity index (χ0v) is 29.0. The first kappa shape index (κ1) is 32.4. The van der Waals surface area contributed by atoms with Crippen LogP contribution in [0.1, 0.15) is 35.1 Å². The molecule has 2 fully saturated rings. The fraction of sp³-hybridized carbons (Fsp3) is 0.227. The predicted molar refractivity (Wildman–Crippen MR) is 197 cm³/mol. The second-order valence-electron chi connectivity index (χ2n) is 14.5. The van der Waals surface area contributed by atoms with Crippen molar-refractivity contribution in [1.29, 1.82) is 0 Å². The van der Waals surface area contributed by atoms with Crippen LogP contribution in [0, 0.1) is 36.5 Å². The van der Waals surface area contributed by atoms with Gasteiger partial charge in [-0.05, 0) is 84.4 Å². The van der Waals surface area contributed by atoms with Crippen LogP contribution in [0.3, 0.4) is 0 Å². The molecule has 6 atom stereocenters. The number of aromatic hydroxyl groups is 1. The van der Waals surface area contributed by atoms with Crippen molar-refractivity contribution in [3.8, 4) is 11.5 Å². The molecule has 0 spiro atoms. The van der Waals surface area contributed by atoms with Crippen LogP contribution in [0.25, 0.3) is 5.57 Å². The van der Waals surface area contributed by atoms with Crippen molar-refractivity contribution >= 4 is 46.2 Å². The Hall–Kier alpha value is -5.53. The Morgan fingerprint density at radius 3 is 2.37 bits per heavy atom. The van der Waals surface area contributed by atoms with E-state index in [1.807, 2.05) is 73.7 Å². The van der Waals surface area contributed by atoms with Crippen LogP contribution in [0.5, 0.6) is 11.5 Å². The molecule has 2 aliphatic heterocycles. The standard InChI is InChI=1S/C44H34ClNO6/c1-24-12-13-29(20-36(24)45)46-42(50)32-16-15-31-34(39(32)43(46)51)21-35-41(49)33(25-8-4-2-5-9-25)22-38(48)44(35,28-10-6-3-7-11-28)40(31)27-18-26-19-30(47)14-17-37(26)52-23-27/h2-15,17,19-20,22-23,32,34-35,39-40,47H,16,18,21H2,1H3. The maximum absolute atomic E-state index is 15.2. The Labute approximate surface area is 305 Å². The minimum Gasteiger partial charge on any atom is -0.508 e. The monoisotopic (exact) mass is 707 g/mol. The van der Waals surface area contributed by atoms with Gasteiger partial charge in [0.2, 0.25) is 11.8 Å². The molecule has 0 aromatic heterocycles. The molecule has 1 N–H and O–H groups in total. The molecule has 0 radical (unpaired) electrons. The van der Waals surface area contributed by atoms with Gasteiger partial charge in [0.1, 0.15) is 11.5 Å². The average Bonchev–Trinajstić information content (AvgIpc) is 3.42. The van der Waals surface area contributed by atoms with Crippen molar-refractivity contribution in [3.63, 3.8) is 0 Å². The van der Waals surface area contributed by atoms with E-state index in [4.69, 9.17) is 16.3 Å². The Balaban J connectivity index is 1.25. The number of allylic oxidation sites excluding steroid dienone is 5. The number of rotatable bonds is 4. The quantitative estimate of drug-likeness (QED) is 0.172. The van der Waals surface area contributed by atoms with Crippen LogP contribution in [0.4, 0.5) is 5.69 Å². The van der Waals surface area contributed by atoms with Crippen molar-refractivity contribution in [2.75, 3.05) is 4.90 Å². The van der Waals surface area contributed by atoms with Crippen molar-refractivity contribution in [3.05, 3.63) is 154 Å². The van der Waals surface area contributed by atoms with Gasteiger partial charge in [0.05, 0.1) is 29.2 Å². The lowest BCUT2D eigenvalue weighted by molar-refractivity contribution is -0.136. The van der Waals surface area contributed by atoms with Crippen molar-refractivity contribution in [2.45, 2.75) is 31.6 Å². The maximum atomic E-state index is 15.2. The van der Waals surface area contributed by atoms with Crippen LogP contribution < -0.4 is 9.64 Å². The summed E-state index contributed by atoms with van der Waals surface area (Å²) in [6.07, 6.45) is 6.10. The third-order valence-corrected chi connectivity index (χ3v) is 12.3. The van der Waals surface area contributed by atoms with E-state index in [1.165, 1.54) is 11.0 Å². The number of hydrogen-bond acceptors (Lipinski definition) is 6. The van der Waals surface area contributed by atoms with E-state index in [9.17, 15) is 14.7 Å². The number of nitrogens with zero attached hydrogens (tertiary/aromatic N) is 1. The predicted octanol–water partition coefficient (Wildman–Crippen LogP) is 7.73. The summed E-state index contributed by atoms with van der Waals surface area (Å²) in [4.78, 5) is 60.4. The van der Waals surface area contributed by atoms with Gasteiger partial charge in [-0.25, -0.2) is 4.90 Å². The third-order valence-electron chi connectivity index (χ3n) is 11.9. The van der Waals surface area contributed by atoms with Crippen molar-refractivity contribution in [1.82, 2.24) is 0 Å². The molecular formula is C44H34ClNO6. The summed E-state index contributed by atoms with van der Waals surface area (Å²) in [6.45, 7) is 1.86. The summed E-state index contributed by atoms with van der Waals surface area (Å²) in [5, 5.41) is 10.9. The summed E-state index contributed by atoms with van der Waals surface area (Å²) in [5.41, 5.74) is 3.98. The summed E-state index contributed by atoms with van der Waals surface area (Å²) in [6, 6.07) is 28.8. The van der Waals surface area contributed by atoms with Crippen LogP contribution in [-0.4, -0.2) is 28.5 Å². The van der Waals surface area contributed by atoms with Gasteiger partial charge >= 0.3 is 0 Å². The lowest BCUT2D eigenvalue weighted by Gasteiger charge is -2.56. The molecule has 2 heterocycles. The van der Waals surface area contributed by atoms with E-state index in [0.717, 1.165) is 22.3 Å². The molecule has 3 aliphatic carbocycles. The van der Waals surface area contributed by atoms with Gasteiger partial charge in [-0.15, -0.1) is 0 Å². The number of carbonyl (C=O) groups is 4. The lowest BCUT2D eigenvalue weighted by Crippen LogP contribution is -2.60. The number of hydrogen-bond donors (Lipinski definition) is 1. The van der Waals surface area contributed by atoms with Gasteiger partial charge in [0, 0.05) is 34.4 Å². The van der Waals surface area contributed by atoms with Crippen LogP contribution in [-0.2, 0) is 31.0 Å². The summed E-state index contributed by atoms with van der Waals surface area (Å²) in [7, 11) is 0. The van der Waals surface area contributed by atoms with E-state index in [-0.39, 0.29) is 35.6 Å². The molecular weight excluding hydrogens is 674 g/mol. The van der Waals surface area contributed by atoms with Gasteiger partial charge in [0.25, 0.3) is 0 Å². The highest BCUT2D eigenvalue weighted by Crippen LogP contribution is 2.63. The van der Waals surface area contributed by atoms with Gasteiger partial charge in [-0.2, -0.15) is 0 Å². The fourth-order valence-corrected chi connectivity index (χ4v) is 9.84. The van der Waals surface area contributed by atoms with E-state index in [1.54, 1.807) is 42.7 Å².